The van der Waals surface area contributed by atoms with Gasteiger partial charge >= 0.3 is 0 Å². The van der Waals surface area contributed by atoms with E-state index in [1.807, 2.05) is 30.3 Å². The normalized spacial score (nSPS) is 26.3. The van der Waals surface area contributed by atoms with Crippen LogP contribution in [-0.4, -0.2) is 31.4 Å². The summed E-state index contributed by atoms with van der Waals surface area (Å²) < 4.78 is 0. The number of carbonyl (C=O) groups excluding carboxylic acids is 2. The smallest absolute Gasteiger partial charge is 0.253 e. The minimum atomic E-state index is -0.216. The van der Waals surface area contributed by atoms with Gasteiger partial charge in [0.15, 0.2) is 0 Å². The fourth-order valence-electron chi connectivity index (χ4n) is 9.11. The predicted octanol–water partition coefficient (Wildman–Crippen LogP) is 7.27. The van der Waals surface area contributed by atoms with E-state index in [4.69, 9.17) is 0 Å². The maximum atomic E-state index is 13.8. The molecular weight excluding hydrogens is 530 g/mol. The molecule has 2 amide bonds. The van der Waals surface area contributed by atoms with Gasteiger partial charge in [-0.25, -0.2) is 0 Å². The molecule has 224 valence electrons. The number of anilines is 2. The van der Waals surface area contributed by atoms with Crippen LogP contribution in [0.25, 0.3) is 0 Å². The van der Waals surface area contributed by atoms with E-state index in [1.54, 1.807) is 0 Å². The predicted molar refractivity (Wildman–Crippen MR) is 173 cm³/mol. The van der Waals surface area contributed by atoms with Crippen molar-refractivity contribution in [1.82, 2.24) is 5.32 Å². The largest absolute Gasteiger partial charge is 0.371 e. The van der Waals surface area contributed by atoms with Crippen LogP contribution in [0.3, 0.4) is 0 Å². The number of carbonyl (C=O) groups is 2. The highest BCUT2D eigenvalue weighted by Crippen LogP contribution is 2.60. The van der Waals surface area contributed by atoms with Crippen molar-refractivity contribution in [3.05, 3.63) is 95.6 Å². The Morgan fingerprint density at radius 2 is 1.37 bits per heavy atom. The summed E-state index contributed by atoms with van der Waals surface area (Å²) in [5.41, 5.74) is 4.78. The van der Waals surface area contributed by atoms with E-state index in [0.29, 0.717) is 18.0 Å². The highest BCUT2D eigenvalue weighted by molar-refractivity contribution is 6.03. The fraction of sp³-hybridized carbons (Fsp3) is 0.474. The van der Waals surface area contributed by atoms with Crippen LogP contribution in [-0.2, 0) is 17.6 Å². The Balaban J connectivity index is 1.07. The molecule has 3 aromatic carbocycles. The number of hydrogen-bond donors (Lipinski definition) is 2. The molecule has 0 radical (unpaired) electrons. The van der Waals surface area contributed by atoms with Crippen molar-refractivity contribution >= 4 is 23.2 Å². The van der Waals surface area contributed by atoms with Gasteiger partial charge in [0.1, 0.15) is 0 Å². The van der Waals surface area contributed by atoms with E-state index in [9.17, 15) is 9.59 Å². The number of piperidine rings is 1. The van der Waals surface area contributed by atoms with E-state index < -0.39 is 0 Å². The standard InChI is InChI=1S/C38H45N3O2/c42-36(39-16-13-27-7-3-1-4-8-27)34-23-33(40-37(43)38-24-30-20-31(25-38)22-32(21-30)26-38)11-12-35(34)41-17-14-29(15-18-41)19-28-9-5-2-6-10-28/h1-12,23,29-32H,13-22,24-26H2,(H,39,42)(H,40,43). The first-order valence-corrected chi connectivity index (χ1v) is 16.6. The number of benzene rings is 3. The van der Waals surface area contributed by atoms with E-state index in [2.05, 4.69) is 64.1 Å². The lowest BCUT2D eigenvalue weighted by atomic mass is 9.49. The minimum absolute atomic E-state index is 0.0664. The third kappa shape index (κ3) is 6.23. The van der Waals surface area contributed by atoms with Gasteiger partial charge in [-0.2, -0.15) is 0 Å². The van der Waals surface area contributed by atoms with Gasteiger partial charge in [0, 0.05) is 31.0 Å². The van der Waals surface area contributed by atoms with Crippen molar-refractivity contribution in [2.45, 2.75) is 64.2 Å². The first-order valence-electron chi connectivity index (χ1n) is 16.6. The molecule has 1 aliphatic heterocycles. The third-order valence-electron chi connectivity index (χ3n) is 10.9. The Hall–Kier alpha value is -3.60. The van der Waals surface area contributed by atoms with Gasteiger partial charge in [0.2, 0.25) is 5.91 Å². The minimum Gasteiger partial charge on any atom is -0.371 e. The van der Waals surface area contributed by atoms with Gasteiger partial charge in [0.05, 0.1) is 11.0 Å². The lowest BCUT2D eigenvalue weighted by Gasteiger charge is -2.55. The summed E-state index contributed by atoms with van der Waals surface area (Å²) in [5, 5.41) is 6.48. The maximum Gasteiger partial charge on any atom is 0.253 e. The monoisotopic (exact) mass is 575 g/mol. The van der Waals surface area contributed by atoms with Crippen LogP contribution in [0.5, 0.6) is 0 Å². The van der Waals surface area contributed by atoms with Crippen LogP contribution in [0.2, 0.25) is 0 Å². The Morgan fingerprint density at radius 1 is 0.767 bits per heavy atom. The molecule has 5 aliphatic rings. The number of nitrogens with zero attached hydrogens (tertiary/aromatic N) is 1. The van der Waals surface area contributed by atoms with Crippen molar-refractivity contribution in [1.29, 1.82) is 0 Å². The molecule has 0 spiro atoms. The third-order valence-corrected chi connectivity index (χ3v) is 10.9. The molecule has 43 heavy (non-hydrogen) atoms. The summed E-state index contributed by atoms with van der Waals surface area (Å²) in [6, 6.07) is 27.1. The van der Waals surface area contributed by atoms with Crippen molar-refractivity contribution in [2.24, 2.45) is 29.1 Å². The Labute approximate surface area is 256 Å². The Morgan fingerprint density at radius 3 is 2.00 bits per heavy atom. The summed E-state index contributed by atoms with van der Waals surface area (Å²) in [6.45, 7) is 2.44. The highest BCUT2D eigenvalue weighted by atomic mass is 16.2. The van der Waals surface area contributed by atoms with Gasteiger partial charge in [-0.15, -0.1) is 0 Å². The van der Waals surface area contributed by atoms with E-state index in [1.165, 1.54) is 30.4 Å². The molecule has 8 rings (SSSR count). The molecule has 5 fully saturated rings. The molecule has 0 unspecified atom stereocenters. The van der Waals surface area contributed by atoms with Crippen LogP contribution in [0.1, 0.15) is 72.9 Å². The lowest BCUT2D eigenvalue weighted by molar-refractivity contribution is -0.140. The Bertz CT molecular complexity index is 1390. The van der Waals surface area contributed by atoms with Gasteiger partial charge in [-0.3, -0.25) is 9.59 Å². The molecule has 4 bridgehead atoms. The van der Waals surface area contributed by atoms with Crippen LogP contribution < -0.4 is 15.5 Å². The molecule has 4 saturated carbocycles. The molecule has 5 nitrogen and oxygen atoms in total. The second-order valence-corrected chi connectivity index (χ2v) is 14.0. The molecule has 1 saturated heterocycles. The number of rotatable bonds is 9. The van der Waals surface area contributed by atoms with Crippen molar-refractivity contribution in [3.8, 4) is 0 Å². The molecule has 2 N–H and O–H groups in total. The topological polar surface area (TPSA) is 61.4 Å². The van der Waals surface area contributed by atoms with Crippen molar-refractivity contribution in [2.75, 3.05) is 29.9 Å². The van der Waals surface area contributed by atoms with E-state index >= 15 is 0 Å². The molecule has 1 heterocycles. The number of amides is 2. The van der Waals surface area contributed by atoms with Gasteiger partial charge in [-0.05, 0) is 117 Å². The summed E-state index contributed by atoms with van der Waals surface area (Å²) in [5.74, 6) is 2.92. The van der Waals surface area contributed by atoms with Crippen molar-refractivity contribution in [3.63, 3.8) is 0 Å². The summed E-state index contributed by atoms with van der Waals surface area (Å²) in [7, 11) is 0. The zero-order valence-corrected chi connectivity index (χ0v) is 25.3. The van der Waals surface area contributed by atoms with E-state index in [0.717, 1.165) is 87.2 Å². The second-order valence-electron chi connectivity index (χ2n) is 14.0. The average Bonchev–Trinajstić information content (AvgIpc) is 3.02. The molecule has 0 atom stereocenters. The first kappa shape index (κ1) is 28.2. The summed E-state index contributed by atoms with van der Waals surface area (Å²) in [6.07, 6.45) is 11.2. The molecule has 4 aliphatic carbocycles. The second kappa shape index (κ2) is 12.2. The zero-order chi connectivity index (χ0) is 29.2. The first-order chi connectivity index (χ1) is 21.0. The molecule has 5 heteroatoms. The van der Waals surface area contributed by atoms with Crippen LogP contribution in [0.4, 0.5) is 11.4 Å². The molecule has 3 aromatic rings. The number of hydrogen-bond acceptors (Lipinski definition) is 3. The quantitative estimate of drug-likeness (QED) is 0.282. The fourth-order valence-corrected chi connectivity index (χ4v) is 9.11. The SMILES string of the molecule is O=C(NCCc1ccccc1)c1cc(NC(=O)C23CC4CC(CC(C4)C2)C3)ccc1N1CCC(Cc2ccccc2)CC1. The lowest BCUT2D eigenvalue weighted by Crippen LogP contribution is -2.51. The van der Waals surface area contributed by atoms with Crippen molar-refractivity contribution < 1.29 is 9.59 Å². The highest BCUT2D eigenvalue weighted by Gasteiger charge is 2.54. The van der Waals surface area contributed by atoms with E-state index in [-0.39, 0.29) is 17.2 Å². The van der Waals surface area contributed by atoms with Crippen LogP contribution in [0.15, 0.2) is 78.9 Å². The number of nitrogens with one attached hydrogen (secondary N) is 2. The van der Waals surface area contributed by atoms with Gasteiger partial charge in [-0.1, -0.05) is 60.7 Å². The molecule has 0 aromatic heterocycles. The maximum absolute atomic E-state index is 13.8. The van der Waals surface area contributed by atoms with Crippen LogP contribution >= 0.6 is 0 Å². The average molecular weight is 576 g/mol. The Kier molecular flexibility index (Phi) is 7.99. The summed E-state index contributed by atoms with van der Waals surface area (Å²) >= 11 is 0. The zero-order valence-electron chi connectivity index (χ0n) is 25.3. The van der Waals surface area contributed by atoms with Crippen LogP contribution in [0, 0.1) is 29.1 Å². The molecular formula is C38H45N3O2. The summed E-state index contributed by atoms with van der Waals surface area (Å²) in [4.78, 5) is 29.9. The van der Waals surface area contributed by atoms with Gasteiger partial charge < -0.3 is 15.5 Å². The van der Waals surface area contributed by atoms with Gasteiger partial charge in [0.25, 0.3) is 5.91 Å².